The van der Waals surface area contributed by atoms with Gasteiger partial charge in [-0.1, -0.05) is 29.7 Å². The van der Waals surface area contributed by atoms with Crippen molar-refractivity contribution in [1.82, 2.24) is 0 Å². The highest BCUT2D eigenvalue weighted by Gasteiger charge is 2.10. The summed E-state index contributed by atoms with van der Waals surface area (Å²) >= 11 is 1.83. The molecule has 1 aromatic heterocycles. The zero-order chi connectivity index (χ0) is 12.0. The molecular formula is C14H12BNS. The molecule has 3 aromatic rings. The van der Waals surface area contributed by atoms with E-state index in [4.69, 9.17) is 7.85 Å². The maximum atomic E-state index is 5.99. The van der Waals surface area contributed by atoms with Crippen LogP contribution in [-0.2, 0) is 0 Å². The van der Waals surface area contributed by atoms with Crippen molar-refractivity contribution in [3.63, 3.8) is 0 Å². The van der Waals surface area contributed by atoms with E-state index in [1.54, 1.807) is 0 Å². The Morgan fingerprint density at radius 2 is 1.82 bits per heavy atom. The Morgan fingerprint density at radius 1 is 1.06 bits per heavy atom. The largest absolute Gasteiger partial charge is 0.377 e. The summed E-state index contributed by atoms with van der Waals surface area (Å²) in [6.07, 6.45) is 0. The first-order valence-corrected chi connectivity index (χ1v) is 6.36. The zero-order valence-electron chi connectivity index (χ0n) is 9.90. The fourth-order valence-corrected chi connectivity index (χ4v) is 3.44. The van der Waals surface area contributed by atoms with Gasteiger partial charge in [-0.15, -0.1) is 11.3 Å². The minimum atomic E-state index is 0.824. The molecule has 17 heavy (non-hydrogen) atoms. The van der Waals surface area contributed by atoms with Crippen molar-refractivity contribution in [2.75, 3.05) is 19.0 Å². The van der Waals surface area contributed by atoms with Crippen LogP contribution in [-0.4, -0.2) is 21.9 Å². The number of fused-ring (bicyclic) bond motifs is 3. The third kappa shape index (κ3) is 1.62. The predicted molar refractivity (Wildman–Crippen MR) is 79.0 cm³/mol. The fourth-order valence-electron chi connectivity index (χ4n) is 2.16. The Bertz CT molecular complexity index is 700. The summed E-state index contributed by atoms with van der Waals surface area (Å²) in [5.41, 5.74) is 2.02. The molecular weight excluding hydrogens is 225 g/mol. The van der Waals surface area contributed by atoms with Gasteiger partial charge in [0, 0.05) is 29.6 Å². The molecule has 1 nitrogen and oxygen atoms in total. The van der Waals surface area contributed by atoms with Crippen molar-refractivity contribution in [2.45, 2.75) is 0 Å². The van der Waals surface area contributed by atoms with Gasteiger partial charge in [0.2, 0.25) is 0 Å². The van der Waals surface area contributed by atoms with Crippen LogP contribution in [0, 0.1) is 0 Å². The lowest BCUT2D eigenvalue weighted by atomic mass is 9.93. The lowest BCUT2D eigenvalue weighted by Gasteiger charge is -2.14. The van der Waals surface area contributed by atoms with Crippen molar-refractivity contribution >= 4 is 50.5 Å². The average Bonchev–Trinajstić information content (AvgIpc) is 2.66. The van der Waals surface area contributed by atoms with E-state index in [1.165, 1.54) is 25.9 Å². The van der Waals surface area contributed by atoms with Crippen molar-refractivity contribution in [2.24, 2.45) is 0 Å². The smallest absolute Gasteiger partial charge is 0.113 e. The third-order valence-corrected chi connectivity index (χ3v) is 4.17. The van der Waals surface area contributed by atoms with Crippen LogP contribution in [0.4, 0.5) is 5.69 Å². The highest BCUT2D eigenvalue weighted by atomic mass is 32.1. The van der Waals surface area contributed by atoms with Crippen LogP contribution >= 0.6 is 11.3 Å². The maximum absolute atomic E-state index is 5.99. The molecule has 2 aromatic carbocycles. The number of benzene rings is 2. The molecule has 0 amide bonds. The van der Waals surface area contributed by atoms with E-state index in [-0.39, 0.29) is 0 Å². The van der Waals surface area contributed by atoms with Gasteiger partial charge in [0.15, 0.2) is 0 Å². The summed E-state index contributed by atoms with van der Waals surface area (Å²) < 4.78 is 2.63. The van der Waals surface area contributed by atoms with Crippen LogP contribution in [0.3, 0.4) is 0 Å². The number of hydrogen-bond acceptors (Lipinski definition) is 2. The SMILES string of the molecule is [B]c1cc(N(C)C)c2sc3ccccc3c2c1. The van der Waals surface area contributed by atoms with Gasteiger partial charge in [0.05, 0.1) is 10.4 Å². The second-order valence-corrected chi connectivity index (χ2v) is 5.46. The Kier molecular flexibility index (Phi) is 2.37. The minimum absolute atomic E-state index is 0.824. The Balaban J connectivity index is 2.51. The normalized spacial score (nSPS) is 11.2. The van der Waals surface area contributed by atoms with E-state index < -0.39 is 0 Å². The Hall–Kier alpha value is -1.48. The highest BCUT2D eigenvalue weighted by Crippen LogP contribution is 2.38. The van der Waals surface area contributed by atoms with E-state index in [2.05, 4.69) is 49.3 Å². The van der Waals surface area contributed by atoms with Crippen LogP contribution in [0.5, 0.6) is 0 Å². The van der Waals surface area contributed by atoms with Crippen molar-refractivity contribution in [3.8, 4) is 0 Å². The number of anilines is 1. The minimum Gasteiger partial charge on any atom is -0.377 e. The molecule has 0 aliphatic rings. The first-order chi connectivity index (χ1) is 8.16. The van der Waals surface area contributed by atoms with Gasteiger partial charge in [-0.2, -0.15) is 0 Å². The molecule has 82 valence electrons. The first-order valence-electron chi connectivity index (χ1n) is 5.55. The van der Waals surface area contributed by atoms with Crippen LogP contribution in [0.25, 0.3) is 20.2 Å². The number of hydrogen-bond donors (Lipinski definition) is 0. The fraction of sp³-hybridized carbons (Fsp3) is 0.143. The van der Waals surface area contributed by atoms with Crippen molar-refractivity contribution in [1.29, 1.82) is 0 Å². The van der Waals surface area contributed by atoms with Crippen molar-refractivity contribution < 1.29 is 0 Å². The van der Waals surface area contributed by atoms with E-state index in [9.17, 15) is 0 Å². The van der Waals surface area contributed by atoms with Crippen LogP contribution in [0.1, 0.15) is 0 Å². The molecule has 0 unspecified atom stereocenters. The molecule has 0 aliphatic heterocycles. The second-order valence-electron chi connectivity index (χ2n) is 4.41. The Labute approximate surface area is 106 Å². The second kappa shape index (κ2) is 3.78. The molecule has 1 heterocycles. The summed E-state index contributed by atoms with van der Waals surface area (Å²) in [6, 6.07) is 12.6. The monoisotopic (exact) mass is 237 g/mol. The average molecular weight is 237 g/mol. The number of thiophene rings is 1. The van der Waals surface area contributed by atoms with Crippen LogP contribution < -0.4 is 10.4 Å². The molecule has 2 radical (unpaired) electrons. The predicted octanol–water partition coefficient (Wildman–Crippen LogP) is 2.91. The molecule has 0 fully saturated rings. The summed E-state index contributed by atoms with van der Waals surface area (Å²) in [6.45, 7) is 0. The highest BCUT2D eigenvalue weighted by molar-refractivity contribution is 7.26. The summed E-state index contributed by atoms with van der Waals surface area (Å²) in [7, 11) is 10.1. The lowest BCUT2D eigenvalue weighted by molar-refractivity contribution is 1.15. The number of nitrogens with zero attached hydrogens (tertiary/aromatic N) is 1. The van der Waals surface area contributed by atoms with Crippen molar-refractivity contribution in [3.05, 3.63) is 36.4 Å². The third-order valence-electron chi connectivity index (χ3n) is 2.96. The quantitative estimate of drug-likeness (QED) is 0.588. The van der Waals surface area contributed by atoms with Gasteiger partial charge in [0.25, 0.3) is 0 Å². The van der Waals surface area contributed by atoms with Crippen LogP contribution in [0.15, 0.2) is 36.4 Å². The molecule has 0 saturated carbocycles. The van der Waals surface area contributed by atoms with E-state index in [0.29, 0.717) is 0 Å². The molecule has 0 bridgehead atoms. The Morgan fingerprint density at radius 3 is 2.59 bits per heavy atom. The molecule has 0 spiro atoms. The first kappa shape index (κ1) is 10.7. The van der Waals surface area contributed by atoms with Gasteiger partial charge < -0.3 is 4.90 Å². The molecule has 3 heteroatoms. The number of rotatable bonds is 1. The van der Waals surface area contributed by atoms with Crippen LogP contribution in [0.2, 0.25) is 0 Å². The topological polar surface area (TPSA) is 3.24 Å². The van der Waals surface area contributed by atoms with Gasteiger partial charge in [-0.25, -0.2) is 0 Å². The molecule has 0 atom stereocenters. The standard InChI is InChI=1S/C14H12BNS/c1-16(2)12-8-9(15)7-11-10-5-3-4-6-13(10)17-14(11)12/h3-8H,1-2H3. The lowest BCUT2D eigenvalue weighted by Crippen LogP contribution is -2.12. The summed E-state index contributed by atoms with van der Waals surface area (Å²) in [4.78, 5) is 2.12. The molecule has 0 aliphatic carbocycles. The summed E-state index contributed by atoms with van der Waals surface area (Å²) in [5.74, 6) is 0. The van der Waals surface area contributed by atoms with Gasteiger partial charge >= 0.3 is 0 Å². The van der Waals surface area contributed by atoms with Gasteiger partial charge in [0.1, 0.15) is 7.85 Å². The molecule has 3 rings (SSSR count). The van der Waals surface area contributed by atoms with E-state index >= 15 is 0 Å². The molecule has 0 N–H and O–H groups in total. The van der Waals surface area contributed by atoms with Gasteiger partial charge in [-0.3, -0.25) is 0 Å². The summed E-state index contributed by atoms with van der Waals surface area (Å²) in [5, 5.41) is 2.55. The maximum Gasteiger partial charge on any atom is 0.113 e. The molecule has 0 saturated heterocycles. The zero-order valence-corrected chi connectivity index (χ0v) is 10.7. The van der Waals surface area contributed by atoms with E-state index in [0.717, 1.165) is 5.46 Å². The van der Waals surface area contributed by atoms with Gasteiger partial charge in [-0.05, 0) is 12.1 Å². The van der Waals surface area contributed by atoms with E-state index in [1.807, 2.05) is 17.4 Å².